The van der Waals surface area contributed by atoms with Crippen LogP contribution in [-0.4, -0.2) is 0 Å². The fourth-order valence-electron chi connectivity index (χ4n) is 2.98. The highest BCUT2D eigenvalue weighted by Crippen LogP contribution is 2.45. The molecule has 1 aliphatic carbocycles. The molecule has 2 aromatic carbocycles. The van der Waals surface area contributed by atoms with Gasteiger partial charge < -0.3 is 0 Å². The van der Waals surface area contributed by atoms with Crippen LogP contribution in [0.4, 0.5) is 0 Å². The molecule has 0 saturated heterocycles. The van der Waals surface area contributed by atoms with Crippen LogP contribution in [0, 0.1) is 35.8 Å². The molecule has 4 heteroatoms. The number of hydrogen-bond acceptors (Lipinski definition) is 2. The first-order chi connectivity index (χ1) is 12.2. The quantitative estimate of drug-likeness (QED) is 0.545. The lowest BCUT2D eigenvalue weighted by atomic mass is 9.98. The van der Waals surface area contributed by atoms with E-state index in [1.165, 1.54) is 0 Å². The number of nitriles is 2. The highest BCUT2D eigenvalue weighted by molar-refractivity contribution is 5.98. The third-order valence-electron chi connectivity index (χ3n) is 4.14. The van der Waals surface area contributed by atoms with Gasteiger partial charge in [-0.15, -0.1) is 0 Å². The van der Waals surface area contributed by atoms with Crippen molar-refractivity contribution in [1.82, 2.24) is 0 Å². The van der Waals surface area contributed by atoms with Gasteiger partial charge in [-0.2, -0.15) is 0 Å². The summed E-state index contributed by atoms with van der Waals surface area (Å²) < 4.78 is 0. The smallest absolute Gasteiger partial charge is 0.226 e. The number of hydrogen-bond donors (Lipinski definition) is 0. The van der Waals surface area contributed by atoms with Crippen molar-refractivity contribution < 1.29 is 0 Å². The fourth-order valence-corrected chi connectivity index (χ4v) is 2.98. The molecule has 3 rings (SSSR count). The van der Waals surface area contributed by atoms with E-state index in [-0.39, 0.29) is 17.8 Å². The van der Waals surface area contributed by atoms with Gasteiger partial charge in [-0.25, -0.2) is 20.2 Å². The second-order valence-electron chi connectivity index (χ2n) is 5.40. The van der Waals surface area contributed by atoms with Crippen molar-refractivity contribution in [3.8, 4) is 23.3 Å². The van der Waals surface area contributed by atoms with Gasteiger partial charge in [-0.1, -0.05) is 42.5 Å². The molecule has 0 bridgehead atoms. The van der Waals surface area contributed by atoms with Crippen molar-refractivity contribution in [2.45, 2.75) is 6.42 Å². The van der Waals surface area contributed by atoms with Crippen molar-refractivity contribution in [3.05, 3.63) is 93.9 Å². The van der Waals surface area contributed by atoms with Crippen LogP contribution in [0.15, 0.2) is 59.9 Å². The Morgan fingerprint density at radius 2 is 1.40 bits per heavy atom. The lowest BCUT2D eigenvalue weighted by Gasteiger charge is -2.07. The maximum atomic E-state index is 9.27. The summed E-state index contributed by atoms with van der Waals surface area (Å²) in [5.41, 5.74) is 4.65. The highest BCUT2D eigenvalue weighted by atomic mass is 14.7. The largest absolute Gasteiger partial charge is 0.265 e. The first-order valence-electron chi connectivity index (χ1n) is 7.45. The first kappa shape index (κ1) is 15.8. The van der Waals surface area contributed by atoms with Crippen LogP contribution < -0.4 is 0 Å². The summed E-state index contributed by atoms with van der Waals surface area (Å²) in [6.45, 7) is 14.5. The van der Waals surface area contributed by atoms with E-state index in [2.05, 4.69) is 9.69 Å². The molecule has 0 aliphatic heterocycles. The van der Waals surface area contributed by atoms with E-state index in [0.717, 1.165) is 22.3 Å². The summed E-state index contributed by atoms with van der Waals surface area (Å²) in [7, 11) is 0. The molecule has 0 atom stereocenters. The third kappa shape index (κ3) is 2.66. The van der Waals surface area contributed by atoms with Crippen LogP contribution in [0.3, 0.4) is 0 Å². The minimum absolute atomic E-state index is 0.00346. The van der Waals surface area contributed by atoms with E-state index >= 15 is 0 Å². The van der Waals surface area contributed by atoms with Gasteiger partial charge >= 0.3 is 0 Å². The number of fused-ring (bicyclic) bond motifs is 1. The van der Waals surface area contributed by atoms with Gasteiger partial charge in [0.25, 0.3) is 11.4 Å². The van der Waals surface area contributed by atoms with Gasteiger partial charge in [-0.3, -0.25) is 0 Å². The standard InChI is InChI=1S/C21H10N4/c1-24-20(12-22)18-11-19(21(13-23)25-2)17-10-15(8-9-16(17)18)14-6-4-3-5-7-14/h3-10H,11H2/b20-18-,21-19-. The minimum atomic E-state index is 0.00346. The van der Waals surface area contributed by atoms with Crippen molar-refractivity contribution in [1.29, 1.82) is 10.5 Å². The van der Waals surface area contributed by atoms with E-state index in [4.69, 9.17) is 13.1 Å². The normalized spacial score (nSPS) is 15.8. The zero-order valence-corrected chi connectivity index (χ0v) is 13.1. The summed E-state index contributed by atoms with van der Waals surface area (Å²) in [6, 6.07) is 19.4. The molecule has 0 saturated carbocycles. The Morgan fingerprint density at radius 3 is 1.96 bits per heavy atom. The van der Waals surface area contributed by atoms with E-state index < -0.39 is 0 Å². The molecule has 0 radical (unpaired) electrons. The van der Waals surface area contributed by atoms with Gasteiger partial charge in [0.2, 0.25) is 0 Å². The van der Waals surface area contributed by atoms with Gasteiger partial charge in [0.15, 0.2) is 0 Å². The number of benzene rings is 2. The molecule has 1 aliphatic rings. The van der Waals surface area contributed by atoms with Crippen LogP contribution in [-0.2, 0) is 0 Å². The SMILES string of the molecule is [C-]#[N+]/C(C#N)=C1/C/C(=C(\C#N)[N+]#[C-])c2cc(-c3ccccc3)ccc21. The van der Waals surface area contributed by atoms with Gasteiger partial charge in [0.05, 0.1) is 25.3 Å². The maximum Gasteiger partial charge on any atom is 0.265 e. The fraction of sp³-hybridized carbons (Fsp3) is 0.0476. The molecule has 0 heterocycles. The summed E-state index contributed by atoms with van der Waals surface area (Å²) in [5.74, 6) is 0. The Hall–Kier alpha value is -4.12. The van der Waals surface area contributed by atoms with Crippen molar-refractivity contribution >= 4 is 11.1 Å². The molecule has 0 aromatic heterocycles. The monoisotopic (exact) mass is 318 g/mol. The molecule has 114 valence electrons. The lowest BCUT2D eigenvalue weighted by molar-refractivity contribution is 1.42. The van der Waals surface area contributed by atoms with Gasteiger partial charge in [-0.05, 0) is 45.9 Å². The van der Waals surface area contributed by atoms with E-state index in [1.807, 2.05) is 60.7 Å². The minimum Gasteiger partial charge on any atom is -0.226 e. The van der Waals surface area contributed by atoms with Gasteiger partial charge in [0, 0.05) is 0 Å². The average Bonchev–Trinajstić information content (AvgIpc) is 3.03. The van der Waals surface area contributed by atoms with E-state index in [9.17, 15) is 10.5 Å². The summed E-state index contributed by atoms with van der Waals surface area (Å²) in [4.78, 5) is 6.62. The predicted octanol–water partition coefficient (Wildman–Crippen LogP) is 5.07. The summed E-state index contributed by atoms with van der Waals surface area (Å²) >= 11 is 0. The van der Waals surface area contributed by atoms with Crippen molar-refractivity contribution in [3.63, 3.8) is 0 Å². The Balaban J connectivity index is 2.31. The van der Waals surface area contributed by atoms with E-state index in [1.54, 1.807) is 0 Å². The summed E-state index contributed by atoms with van der Waals surface area (Å²) in [5, 5.41) is 18.5. The van der Waals surface area contributed by atoms with Crippen LogP contribution in [0.1, 0.15) is 17.5 Å². The van der Waals surface area contributed by atoms with Crippen LogP contribution in [0.5, 0.6) is 0 Å². The Morgan fingerprint density at radius 1 is 0.800 bits per heavy atom. The predicted molar refractivity (Wildman–Crippen MR) is 94.8 cm³/mol. The molecule has 0 N–H and O–H groups in total. The third-order valence-corrected chi connectivity index (χ3v) is 4.14. The van der Waals surface area contributed by atoms with Gasteiger partial charge in [0.1, 0.15) is 0 Å². The highest BCUT2D eigenvalue weighted by Gasteiger charge is 2.27. The van der Waals surface area contributed by atoms with Crippen LogP contribution in [0.2, 0.25) is 0 Å². The topological polar surface area (TPSA) is 56.3 Å². The molecular weight excluding hydrogens is 308 g/mol. The molecule has 25 heavy (non-hydrogen) atoms. The summed E-state index contributed by atoms with van der Waals surface area (Å²) in [6.07, 6.45) is 0.254. The van der Waals surface area contributed by atoms with Crippen LogP contribution >= 0.6 is 0 Å². The number of allylic oxidation sites excluding steroid dienone is 4. The zero-order chi connectivity index (χ0) is 17.8. The molecular formula is C21H10N4. The lowest BCUT2D eigenvalue weighted by Crippen LogP contribution is -1.86. The van der Waals surface area contributed by atoms with Crippen molar-refractivity contribution in [2.24, 2.45) is 0 Å². The zero-order valence-electron chi connectivity index (χ0n) is 13.1. The second-order valence-corrected chi connectivity index (χ2v) is 5.40. The average molecular weight is 318 g/mol. The molecule has 0 spiro atoms. The molecule has 0 fully saturated rings. The molecule has 0 unspecified atom stereocenters. The van der Waals surface area contributed by atoms with E-state index in [0.29, 0.717) is 11.1 Å². The Bertz CT molecular complexity index is 1060. The Labute approximate surface area is 145 Å². The number of nitrogens with zero attached hydrogens (tertiary/aromatic N) is 4. The molecule has 4 nitrogen and oxygen atoms in total. The number of rotatable bonds is 1. The maximum absolute atomic E-state index is 9.27. The first-order valence-corrected chi connectivity index (χ1v) is 7.45. The van der Waals surface area contributed by atoms with Crippen LogP contribution in [0.25, 0.3) is 32.0 Å². The second kappa shape index (κ2) is 6.55. The molecule has 2 aromatic rings. The molecule has 0 amide bonds. The Kier molecular flexibility index (Phi) is 4.13. The van der Waals surface area contributed by atoms with Crippen molar-refractivity contribution in [2.75, 3.05) is 0 Å².